The number of alkyl halides is 3. The van der Waals surface area contributed by atoms with Crippen molar-refractivity contribution in [1.29, 1.82) is 0 Å². The van der Waals surface area contributed by atoms with Crippen LogP contribution in [0.1, 0.15) is 38.5 Å². The predicted molar refractivity (Wildman–Crippen MR) is 109 cm³/mol. The molecule has 0 aromatic heterocycles. The van der Waals surface area contributed by atoms with Gasteiger partial charge in [-0.15, -0.1) is 0 Å². The number of amides is 1. The molecule has 0 spiro atoms. The molecule has 0 unspecified atom stereocenters. The number of benzene rings is 1. The van der Waals surface area contributed by atoms with Crippen molar-refractivity contribution in [3.63, 3.8) is 0 Å². The molecule has 1 aliphatic heterocycles. The fourth-order valence-corrected chi connectivity index (χ4v) is 4.43. The summed E-state index contributed by atoms with van der Waals surface area (Å²) in [5.74, 6) is -0.306. The Morgan fingerprint density at radius 3 is 2.24 bits per heavy atom. The average molecular weight is 432 g/mol. The summed E-state index contributed by atoms with van der Waals surface area (Å²) in [5.41, 5.74) is 1.21. The van der Waals surface area contributed by atoms with Crippen LogP contribution < -0.4 is 10.2 Å². The molecule has 1 aromatic rings. The van der Waals surface area contributed by atoms with Crippen molar-refractivity contribution in [3.8, 4) is 0 Å². The Balaban J connectivity index is 1.31. The number of halogens is 4. The van der Waals surface area contributed by atoms with E-state index in [0.29, 0.717) is 5.92 Å². The summed E-state index contributed by atoms with van der Waals surface area (Å²) in [7, 11) is 0. The van der Waals surface area contributed by atoms with Gasteiger partial charge in [0, 0.05) is 42.9 Å². The topological polar surface area (TPSA) is 35.6 Å². The first kappa shape index (κ1) is 22.2. The average Bonchev–Trinajstić information content (AvgIpc) is 2.67. The van der Waals surface area contributed by atoms with Crippen molar-refractivity contribution >= 4 is 23.2 Å². The number of nitrogens with zero attached hydrogens (tertiary/aromatic N) is 2. The second-order valence-electron chi connectivity index (χ2n) is 8.17. The van der Waals surface area contributed by atoms with Crippen LogP contribution in [0.25, 0.3) is 0 Å². The lowest BCUT2D eigenvalue weighted by molar-refractivity contribution is -0.154. The third kappa shape index (κ3) is 7.37. The number of carbonyl (C=O) groups is 1. The van der Waals surface area contributed by atoms with Gasteiger partial charge in [0.2, 0.25) is 5.91 Å². The molecule has 2 fully saturated rings. The number of hydrogen-bond donors (Lipinski definition) is 1. The molecular formula is C21H29ClF3N3O. The molecule has 1 N–H and O–H groups in total. The van der Waals surface area contributed by atoms with Crippen molar-refractivity contribution in [2.75, 3.05) is 37.6 Å². The van der Waals surface area contributed by atoms with E-state index in [9.17, 15) is 18.0 Å². The minimum atomic E-state index is -4.43. The lowest BCUT2D eigenvalue weighted by atomic mass is 9.84. The van der Waals surface area contributed by atoms with Gasteiger partial charge in [-0.2, -0.15) is 13.2 Å². The lowest BCUT2D eigenvalue weighted by Gasteiger charge is -2.37. The van der Waals surface area contributed by atoms with Crippen LogP contribution in [0, 0.1) is 5.92 Å². The maximum absolute atomic E-state index is 12.3. The Bertz CT molecular complexity index is 652. The van der Waals surface area contributed by atoms with Crippen molar-refractivity contribution in [2.45, 2.75) is 50.7 Å². The molecule has 0 atom stereocenters. The van der Waals surface area contributed by atoms with Crippen LogP contribution in [-0.2, 0) is 4.79 Å². The van der Waals surface area contributed by atoms with Crippen LogP contribution in [0.3, 0.4) is 0 Å². The number of rotatable bonds is 6. The molecule has 8 heteroatoms. The summed E-state index contributed by atoms with van der Waals surface area (Å²) in [4.78, 5) is 16.3. The Kier molecular flexibility index (Phi) is 7.68. The summed E-state index contributed by atoms with van der Waals surface area (Å²) in [6.07, 6.45) is -1.20. The zero-order chi connectivity index (χ0) is 20.9. The summed E-state index contributed by atoms with van der Waals surface area (Å²) in [6.45, 7) is 5.13. The van der Waals surface area contributed by atoms with Gasteiger partial charge in [-0.1, -0.05) is 11.6 Å². The predicted octanol–water partition coefficient (Wildman–Crippen LogP) is 4.48. The van der Waals surface area contributed by atoms with Crippen LogP contribution in [0.15, 0.2) is 24.3 Å². The first-order valence-electron chi connectivity index (χ1n) is 10.4. The second kappa shape index (κ2) is 10.0. The molecule has 1 aromatic carbocycles. The Morgan fingerprint density at radius 2 is 1.66 bits per heavy atom. The molecule has 1 saturated heterocycles. The van der Waals surface area contributed by atoms with Crippen molar-refractivity contribution < 1.29 is 18.0 Å². The monoisotopic (exact) mass is 431 g/mol. The van der Waals surface area contributed by atoms with Gasteiger partial charge >= 0.3 is 6.18 Å². The summed E-state index contributed by atoms with van der Waals surface area (Å²) in [5, 5.41) is 3.29. The Hall–Kier alpha value is -1.47. The van der Waals surface area contributed by atoms with E-state index in [1.54, 1.807) is 0 Å². The van der Waals surface area contributed by atoms with Crippen LogP contribution >= 0.6 is 11.6 Å². The molecule has 29 heavy (non-hydrogen) atoms. The first-order chi connectivity index (χ1) is 13.8. The number of anilines is 1. The van der Waals surface area contributed by atoms with Crippen LogP contribution in [0.2, 0.25) is 5.02 Å². The van der Waals surface area contributed by atoms with Crippen LogP contribution in [0.4, 0.5) is 18.9 Å². The maximum atomic E-state index is 12.3. The summed E-state index contributed by atoms with van der Waals surface area (Å²) >= 11 is 5.96. The van der Waals surface area contributed by atoms with Gasteiger partial charge in [0.25, 0.3) is 0 Å². The van der Waals surface area contributed by atoms with Gasteiger partial charge in [-0.05, 0) is 68.8 Å². The molecule has 1 saturated carbocycles. The Morgan fingerprint density at radius 1 is 1.03 bits per heavy atom. The van der Waals surface area contributed by atoms with Gasteiger partial charge < -0.3 is 10.2 Å². The molecular weight excluding hydrogens is 403 g/mol. The maximum Gasteiger partial charge on any atom is 0.397 e. The molecule has 0 bridgehead atoms. The molecule has 0 radical (unpaired) electrons. The largest absolute Gasteiger partial charge is 0.397 e. The fourth-order valence-electron chi connectivity index (χ4n) is 4.30. The highest BCUT2D eigenvalue weighted by molar-refractivity contribution is 6.30. The fraction of sp³-hybridized carbons (Fsp3) is 0.667. The van der Waals surface area contributed by atoms with Crippen LogP contribution in [-0.4, -0.2) is 55.7 Å². The van der Waals surface area contributed by atoms with Gasteiger partial charge in [-0.25, -0.2) is 0 Å². The molecule has 3 rings (SSSR count). The normalized spacial score (nSPS) is 23.8. The van der Waals surface area contributed by atoms with E-state index < -0.39 is 18.5 Å². The van der Waals surface area contributed by atoms with Gasteiger partial charge in [0.15, 0.2) is 0 Å². The molecule has 162 valence electrons. The number of nitrogens with one attached hydrogen (secondary N) is 1. The molecule has 1 aliphatic carbocycles. The van der Waals surface area contributed by atoms with Crippen molar-refractivity contribution in [1.82, 2.24) is 10.2 Å². The summed E-state index contributed by atoms with van der Waals surface area (Å²) in [6, 6.07) is 7.86. The number of carbonyl (C=O) groups excluding carboxylic acids is 1. The van der Waals surface area contributed by atoms with E-state index in [0.717, 1.165) is 69.9 Å². The van der Waals surface area contributed by atoms with E-state index in [1.165, 1.54) is 5.69 Å². The highest BCUT2D eigenvalue weighted by Crippen LogP contribution is 2.28. The SMILES string of the molecule is O=C(CC(F)(F)F)N[C@H]1CC[C@H](CCN2CCN(c3ccc(Cl)cc3)CC2)CC1. The Labute approximate surface area is 175 Å². The third-order valence-corrected chi connectivity index (χ3v) is 6.24. The minimum absolute atomic E-state index is 0.107. The zero-order valence-corrected chi connectivity index (χ0v) is 17.3. The standard InChI is InChI=1S/C21H29ClF3N3O/c22-17-3-7-19(8-4-17)28-13-11-27(12-14-28)10-9-16-1-5-18(6-2-16)26-20(29)15-21(23,24)25/h3-4,7-8,16,18H,1-2,5-6,9-15H2,(H,26,29)/t16-,18-. The van der Waals surface area contributed by atoms with Crippen molar-refractivity contribution in [3.05, 3.63) is 29.3 Å². The first-order valence-corrected chi connectivity index (χ1v) is 10.8. The number of piperazine rings is 1. The van der Waals surface area contributed by atoms with Crippen LogP contribution in [0.5, 0.6) is 0 Å². The van der Waals surface area contributed by atoms with E-state index in [4.69, 9.17) is 11.6 Å². The van der Waals surface area contributed by atoms with Crippen molar-refractivity contribution in [2.24, 2.45) is 5.92 Å². The van der Waals surface area contributed by atoms with E-state index in [-0.39, 0.29) is 6.04 Å². The second-order valence-corrected chi connectivity index (χ2v) is 8.61. The quantitative estimate of drug-likeness (QED) is 0.721. The molecule has 4 nitrogen and oxygen atoms in total. The summed E-state index contributed by atoms with van der Waals surface area (Å²) < 4.78 is 36.8. The van der Waals surface area contributed by atoms with Gasteiger partial charge in [0.1, 0.15) is 6.42 Å². The number of hydrogen-bond acceptors (Lipinski definition) is 3. The van der Waals surface area contributed by atoms with Gasteiger partial charge in [0.05, 0.1) is 0 Å². The van der Waals surface area contributed by atoms with E-state index in [2.05, 4.69) is 27.2 Å². The minimum Gasteiger partial charge on any atom is -0.369 e. The van der Waals surface area contributed by atoms with Gasteiger partial charge in [-0.3, -0.25) is 9.69 Å². The lowest BCUT2D eigenvalue weighted by Crippen LogP contribution is -2.47. The molecule has 1 heterocycles. The molecule has 1 amide bonds. The zero-order valence-electron chi connectivity index (χ0n) is 16.6. The van der Waals surface area contributed by atoms with E-state index in [1.807, 2.05) is 12.1 Å². The molecule has 2 aliphatic rings. The highest BCUT2D eigenvalue weighted by atomic mass is 35.5. The highest BCUT2D eigenvalue weighted by Gasteiger charge is 2.32. The van der Waals surface area contributed by atoms with E-state index >= 15 is 0 Å². The smallest absolute Gasteiger partial charge is 0.369 e. The third-order valence-electron chi connectivity index (χ3n) is 5.99.